The van der Waals surface area contributed by atoms with Gasteiger partial charge < -0.3 is 10.6 Å². The molecule has 2 aliphatic carbocycles. The standard InChI is InChI=1S/C20H24N4O2/c25-18(22-16-8-4-5-9-16)14-24-13-17(12-21-24)23-19(26)20(10-11-20)15-6-2-1-3-7-15/h1-3,6-7,12-13,16H,4-5,8-11,14H2,(H,22,25)(H,23,26). The van der Waals surface area contributed by atoms with Gasteiger partial charge in [-0.05, 0) is 31.2 Å². The Labute approximate surface area is 153 Å². The molecule has 1 heterocycles. The SMILES string of the molecule is O=C(Cn1cc(NC(=O)C2(c3ccccc3)CC2)cn1)NC1CCCC1. The van der Waals surface area contributed by atoms with E-state index in [4.69, 9.17) is 0 Å². The second-order valence-corrected chi connectivity index (χ2v) is 7.38. The highest BCUT2D eigenvalue weighted by atomic mass is 16.2. The Hall–Kier alpha value is -2.63. The minimum absolute atomic E-state index is 0.00124. The molecule has 0 unspecified atom stereocenters. The Morgan fingerprint density at radius 2 is 1.88 bits per heavy atom. The van der Waals surface area contributed by atoms with Gasteiger partial charge in [-0.1, -0.05) is 43.2 Å². The highest BCUT2D eigenvalue weighted by Crippen LogP contribution is 2.48. The molecule has 0 atom stereocenters. The van der Waals surface area contributed by atoms with Crippen molar-refractivity contribution < 1.29 is 9.59 Å². The highest BCUT2D eigenvalue weighted by molar-refractivity contribution is 6.01. The number of carbonyl (C=O) groups is 2. The molecule has 2 aliphatic rings. The molecule has 1 aromatic carbocycles. The van der Waals surface area contributed by atoms with Crippen LogP contribution in [0.15, 0.2) is 42.7 Å². The van der Waals surface area contributed by atoms with E-state index in [2.05, 4.69) is 15.7 Å². The lowest BCUT2D eigenvalue weighted by molar-refractivity contribution is -0.122. The second-order valence-electron chi connectivity index (χ2n) is 7.38. The molecule has 6 nitrogen and oxygen atoms in total. The van der Waals surface area contributed by atoms with Crippen LogP contribution in [-0.2, 0) is 21.5 Å². The van der Waals surface area contributed by atoms with Gasteiger partial charge in [-0.15, -0.1) is 0 Å². The number of carbonyl (C=O) groups excluding carboxylic acids is 2. The first-order valence-electron chi connectivity index (χ1n) is 9.34. The van der Waals surface area contributed by atoms with Crippen LogP contribution < -0.4 is 10.6 Å². The molecule has 2 fully saturated rings. The van der Waals surface area contributed by atoms with Gasteiger partial charge in [0.1, 0.15) is 6.54 Å². The molecule has 0 aliphatic heterocycles. The highest BCUT2D eigenvalue weighted by Gasteiger charge is 2.51. The maximum absolute atomic E-state index is 12.7. The van der Waals surface area contributed by atoms with E-state index < -0.39 is 5.41 Å². The zero-order valence-corrected chi connectivity index (χ0v) is 14.8. The first-order valence-corrected chi connectivity index (χ1v) is 9.34. The molecule has 0 spiro atoms. The van der Waals surface area contributed by atoms with E-state index in [0.29, 0.717) is 11.7 Å². The number of anilines is 1. The van der Waals surface area contributed by atoms with E-state index in [0.717, 1.165) is 31.2 Å². The number of rotatable bonds is 6. The van der Waals surface area contributed by atoms with Crippen molar-refractivity contribution in [3.05, 3.63) is 48.3 Å². The molecule has 2 amide bonds. The van der Waals surface area contributed by atoms with Crippen LogP contribution in [0.2, 0.25) is 0 Å². The van der Waals surface area contributed by atoms with E-state index >= 15 is 0 Å². The average Bonchev–Trinajstić information content (AvgIpc) is 3.10. The average molecular weight is 352 g/mol. The van der Waals surface area contributed by atoms with Crippen molar-refractivity contribution in [2.24, 2.45) is 0 Å². The smallest absolute Gasteiger partial charge is 0.241 e. The van der Waals surface area contributed by atoms with Crippen LogP contribution >= 0.6 is 0 Å². The van der Waals surface area contributed by atoms with Crippen LogP contribution in [0.1, 0.15) is 44.1 Å². The number of hydrogen-bond acceptors (Lipinski definition) is 3. The van der Waals surface area contributed by atoms with Crippen LogP contribution in [0.25, 0.3) is 0 Å². The van der Waals surface area contributed by atoms with Crippen molar-refractivity contribution in [3.63, 3.8) is 0 Å². The van der Waals surface area contributed by atoms with E-state index in [-0.39, 0.29) is 18.4 Å². The van der Waals surface area contributed by atoms with Crippen LogP contribution in [0, 0.1) is 0 Å². The van der Waals surface area contributed by atoms with Gasteiger partial charge in [0.2, 0.25) is 11.8 Å². The van der Waals surface area contributed by atoms with E-state index in [1.807, 2.05) is 30.3 Å². The van der Waals surface area contributed by atoms with Gasteiger partial charge >= 0.3 is 0 Å². The molecule has 2 saturated carbocycles. The monoisotopic (exact) mass is 352 g/mol. The Balaban J connectivity index is 1.35. The molecule has 4 rings (SSSR count). The Morgan fingerprint density at radius 3 is 2.58 bits per heavy atom. The van der Waals surface area contributed by atoms with E-state index in [1.165, 1.54) is 12.8 Å². The molecule has 6 heteroatoms. The topological polar surface area (TPSA) is 76.0 Å². The van der Waals surface area contributed by atoms with Gasteiger partial charge in [-0.2, -0.15) is 5.10 Å². The maximum atomic E-state index is 12.7. The molecular weight excluding hydrogens is 328 g/mol. The summed E-state index contributed by atoms with van der Waals surface area (Å²) in [7, 11) is 0. The first-order chi connectivity index (χ1) is 12.7. The number of benzene rings is 1. The largest absolute Gasteiger partial charge is 0.352 e. The van der Waals surface area contributed by atoms with Crippen LogP contribution in [0.5, 0.6) is 0 Å². The summed E-state index contributed by atoms with van der Waals surface area (Å²) in [6.45, 7) is 0.177. The fourth-order valence-corrected chi connectivity index (χ4v) is 3.78. The molecule has 0 saturated heterocycles. The van der Waals surface area contributed by atoms with Crippen molar-refractivity contribution in [3.8, 4) is 0 Å². The molecular formula is C20H24N4O2. The first kappa shape index (κ1) is 16.8. The summed E-state index contributed by atoms with van der Waals surface area (Å²) in [6.07, 6.45) is 9.54. The lowest BCUT2D eigenvalue weighted by Gasteiger charge is -2.14. The molecule has 0 radical (unpaired) electrons. The van der Waals surface area contributed by atoms with Crippen LogP contribution in [-0.4, -0.2) is 27.6 Å². The fourth-order valence-electron chi connectivity index (χ4n) is 3.78. The number of hydrogen-bond donors (Lipinski definition) is 2. The number of nitrogens with one attached hydrogen (secondary N) is 2. The summed E-state index contributed by atoms with van der Waals surface area (Å²) >= 11 is 0. The van der Waals surface area contributed by atoms with Crippen LogP contribution in [0.4, 0.5) is 5.69 Å². The van der Waals surface area contributed by atoms with Crippen molar-refractivity contribution in [1.29, 1.82) is 0 Å². The molecule has 2 N–H and O–H groups in total. The summed E-state index contributed by atoms with van der Waals surface area (Å²) in [4.78, 5) is 24.8. The molecule has 0 bridgehead atoms. The zero-order chi connectivity index (χ0) is 18.0. The summed E-state index contributed by atoms with van der Waals surface area (Å²) in [5, 5.41) is 10.2. The number of aromatic nitrogens is 2. The third-order valence-electron chi connectivity index (χ3n) is 5.43. The number of amides is 2. The third kappa shape index (κ3) is 3.49. The lowest BCUT2D eigenvalue weighted by Crippen LogP contribution is -2.35. The van der Waals surface area contributed by atoms with Crippen LogP contribution in [0.3, 0.4) is 0 Å². The van der Waals surface area contributed by atoms with Crippen molar-refractivity contribution in [2.45, 2.75) is 56.5 Å². The summed E-state index contributed by atoms with van der Waals surface area (Å²) in [6, 6.07) is 10.2. The van der Waals surface area contributed by atoms with E-state index in [1.54, 1.807) is 17.1 Å². The minimum atomic E-state index is -0.413. The Bertz CT molecular complexity index is 789. The van der Waals surface area contributed by atoms with Crippen molar-refractivity contribution in [2.75, 3.05) is 5.32 Å². The summed E-state index contributed by atoms with van der Waals surface area (Å²) < 4.78 is 1.57. The molecule has 2 aromatic rings. The van der Waals surface area contributed by atoms with Gasteiger partial charge in [0.25, 0.3) is 0 Å². The molecule has 136 valence electrons. The molecule has 1 aromatic heterocycles. The summed E-state index contributed by atoms with van der Waals surface area (Å²) in [5.74, 6) is -0.0283. The Kier molecular flexibility index (Phi) is 4.49. The van der Waals surface area contributed by atoms with Crippen molar-refractivity contribution >= 4 is 17.5 Å². The number of nitrogens with zero attached hydrogens (tertiary/aromatic N) is 2. The van der Waals surface area contributed by atoms with Gasteiger partial charge in [-0.3, -0.25) is 14.3 Å². The van der Waals surface area contributed by atoms with Gasteiger partial charge in [0.05, 0.1) is 17.3 Å². The zero-order valence-electron chi connectivity index (χ0n) is 14.8. The van der Waals surface area contributed by atoms with Crippen molar-refractivity contribution in [1.82, 2.24) is 15.1 Å². The third-order valence-corrected chi connectivity index (χ3v) is 5.43. The normalized spacial score (nSPS) is 18.5. The fraction of sp³-hybridized carbons (Fsp3) is 0.450. The van der Waals surface area contributed by atoms with Gasteiger partial charge in [0.15, 0.2) is 0 Å². The van der Waals surface area contributed by atoms with E-state index in [9.17, 15) is 9.59 Å². The lowest BCUT2D eigenvalue weighted by atomic mass is 9.95. The predicted molar refractivity (Wildman–Crippen MR) is 98.6 cm³/mol. The minimum Gasteiger partial charge on any atom is -0.352 e. The predicted octanol–water partition coefficient (Wildman–Crippen LogP) is 2.61. The second kappa shape index (κ2) is 6.94. The van der Waals surface area contributed by atoms with Gasteiger partial charge in [-0.25, -0.2) is 0 Å². The maximum Gasteiger partial charge on any atom is 0.241 e. The molecule has 26 heavy (non-hydrogen) atoms. The van der Waals surface area contributed by atoms with Gasteiger partial charge in [0, 0.05) is 12.2 Å². The quantitative estimate of drug-likeness (QED) is 0.839. The summed E-state index contributed by atoms with van der Waals surface area (Å²) in [5.41, 5.74) is 1.27. The Morgan fingerprint density at radius 1 is 1.15 bits per heavy atom.